The number of anilines is 1. The zero-order chi connectivity index (χ0) is 17.2. The second-order valence-electron chi connectivity index (χ2n) is 4.96. The first-order valence-corrected chi connectivity index (χ1v) is 7.55. The highest BCUT2D eigenvalue weighted by Crippen LogP contribution is 2.10. The van der Waals surface area contributed by atoms with Crippen molar-refractivity contribution in [3.8, 4) is 0 Å². The van der Waals surface area contributed by atoms with Crippen molar-refractivity contribution in [3.05, 3.63) is 29.8 Å². The lowest BCUT2D eigenvalue weighted by molar-refractivity contribution is -0.144. The molecular weight excluding hydrogens is 334 g/mol. The lowest BCUT2D eigenvalue weighted by Crippen LogP contribution is -2.39. The number of halogens is 1. The molecule has 134 valence electrons. The molecule has 24 heavy (non-hydrogen) atoms. The summed E-state index contributed by atoms with van der Waals surface area (Å²) in [6, 6.07) is 5.68. The van der Waals surface area contributed by atoms with Crippen molar-refractivity contribution in [1.82, 2.24) is 5.32 Å². The number of nitrogens with two attached hydrogens (primary N) is 1. The summed E-state index contributed by atoms with van der Waals surface area (Å²) in [4.78, 5) is 35.1. The van der Waals surface area contributed by atoms with E-state index < -0.39 is 12.0 Å². The third-order valence-corrected chi connectivity index (χ3v) is 3.03. The topological polar surface area (TPSA) is 111 Å². The van der Waals surface area contributed by atoms with Crippen molar-refractivity contribution in [1.29, 1.82) is 0 Å². The van der Waals surface area contributed by atoms with Gasteiger partial charge in [-0.25, -0.2) is 4.79 Å². The molecule has 0 fully saturated rings. The van der Waals surface area contributed by atoms with Gasteiger partial charge in [0.15, 0.2) is 0 Å². The third kappa shape index (κ3) is 7.43. The van der Waals surface area contributed by atoms with Gasteiger partial charge in [0, 0.05) is 17.7 Å². The van der Waals surface area contributed by atoms with Gasteiger partial charge in [-0.2, -0.15) is 0 Å². The van der Waals surface area contributed by atoms with Crippen molar-refractivity contribution < 1.29 is 19.1 Å². The van der Waals surface area contributed by atoms with Crippen LogP contribution in [0, 0.1) is 0 Å². The largest absolute Gasteiger partial charge is 0.464 e. The second kappa shape index (κ2) is 11.4. The summed E-state index contributed by atoms with van der Waals surface area (Å²) in [5.74, 6) is -0.986. The van der Waals surface area contributed by atoms with Gasteiger partial charge in [-0.15, -0.1) is 12.4 Å². The van der Waals surface area contributed by atoms with Crippen molar-refractivity contribution in [2.45, 2.75) is 32.7 Å². The first-order chi connectivity index (χ1) is 11.0. The zero-order valence-corrected chi connectivity index (χ0v) is 14.7. The number of amides is 2. The summed E-state index contributed by atoms with van der Waals surface area (Å²) >= 11 is 0. The van der Waals surface area contributed by atoms with Gasteiger partial charge in [-0.1, -0.05) is 0 Å². The van der Waals surface area contributed by atoms with E-state index in [1.807, 2.05) is 0 Å². The van der Waals surface area contributed by atoms with E-state index in [0.29, 0.717) is 30.6 Å². The third-order valence-electron chi connectivity index (χ3n) is 3.03. The van der Waals surface area contributed by atoms with Gasteiger partial charge in [0.25, 0.3) is 5.91 Å². The molecule has 2 amide bonds. The molecule has 1 aromatic rings. The van der Waals surface area contributed by atoms with Crippen LogP contribution in [-0.4, -0.2) is 37.0 Å². The van der Waals surface area contributed by atoms with Crippen molar-refractivity contribution >= 4 is 35.9 Å². The Morgan fingerprint density at radius 2 is 1.83 bits per heavy atom. The molecule has 4 N–H and O–H groups in total. The maximum absolute atomic E-state index is 12.0. The quantitative estimate of drug-likeness (QED) is 0.610. The van der Waals surface area contributed by atoms with Crippen LogP contribution in [0.4, 0.5) is 5.69 Å². The Morgan fingerprint density at radius 3 is 2.38 bits per heavy atom. The van der Waals surface area contributed by atoms with Crippen molar-refractivity contribution in [2.75, 3.05) is 18.5 Å². The van der Waals surface area contributed by atoms with Crippen LogP contribution < -0.4 is 16.4 Å². The molecule has 1 rings (SSSR count). The van der Waals surface area contributed by atoms with E-state index >= 15 is 0 Å². The molecule has 8 heteroatoms. The first kappa shape index (κ1) is 21.9. The van der Waals surface area contributed by atoms with Gasteiger partial charge < -0.3 is 21.1 Å². The first-order valence-electron chi connectivity index (χ1n) is 7.55. The molecule has 0 aliphatic heterocycles. The zero-order valence-electron chi connectivity index (χ0n) is 13.8. The summed E-state index contributed by atoms with van der Waals surface area (Å²) in [6.45, 7) is 3.98. The van der Waals surface area contributed by atoms with Crippen LogP contribution in [0.25, 0.3) is 0 Å². The molecule has 0 heterocycles. The van der Waals surface area contributed by atoms with Gasteiger partial charge in [0.05, 0.1) is 6.61 Å². The molecule has 0 saturated carbocycles. The fourth-order valence-electron chi connectivity index (χ4n) is 1.80. The van der Waals surface area contributed by atoms with E-state index in [-0.39, 0.29) is 30.8 Å². The van der Waals surface area contributed by atoms with Crippen LogP contribution in [0.1, 0.15) is 37.0 Å². The minimum atomic E-state index is -0.724. The monoisotopic (exact) mass is 357 g/mol. The number of nitrogens with one attached hydrogen (secondary N) is 2. The summed E-state index contributed by atoms with van der Waals surface area (Å²) in [5, 5.41) is 5.27. The maximum atomic E-state index is 12.0. The minimum Gasteiger partial charge on any atom is -0.464 e. The van der Waals surface area contributed by atoms with E-state index in [0.717, 1.165) is 0 Å². The molecule has 1 unspecified atom stereocenters. The van der Waals surface area contributed by atoms with Gasteiger partial charge in [0.2, 0.25) is 5.91 Å². The second-order valence-corrected chi connectivity index (χ2v) is 4.96. The number of carbonyl (C=O) groups is 3. The van der Waals surface area contributed by atoms with Gasteiger partial charge >= 0.3 is 5.97 Å². The number of ether oxygens (including phenoxy) is 1. The average Bonchev–Trinajstić information content (AvgIpc) is 2.53. The van der Waals surface area contributed by atoms with E-state index in [4.69, 9.17) is 10.5 Å². The Bertz CT molecular complexity index is 549. The van der Waals surface area contributed by atoms with E-state index in [2.05, 4.69) is 10.6 Å². The summed E-state index contributed by atoms with van der Waals surface area (Å²) in [6.07, 6.45) is 0.980. The Kier molecular flexibility index (Phi) is 10.4. The van der Waals surface area contributed by atoms with E-state index in [1.54, 1.807) is 38.1 Å². The molecule has 0 aromatic heterocycles. The molecule has 0 spiro atoms. The molecule has 0 radical (unpaired) electrons. The number of benzene rings is 1. The minimum absolute atomic E-state index is 0. The highest BCUT2D eigenvalue weighted by Gasteiger charge is 2.17. The van der Waals surface area contributed by atoms with E-state index in [1.165, 1.54) is 0 Å². The Morgan fingerprint density at radius 1 is 1.21 bits per heavy atom. The van der Waals surface area contributed by atoms with Gasteiger partial charge in [0.1, 0.15) is 6.04 Å². The fourth-order valence-corrected chi connectivity index (χ4v) is 1.80. The molecule has 0 bridgehead atoms. The van der Waals surface area contributed by atoms with Crippen molar-refractivity contribution in [2.24, 2.45) is 5.73 Å². The Balaban J connectivity index is 0.00000529. The molecule has 0 aliphatic rings. The lowest BCUT2D eigenvalue weighted by Gasteiger charge is -2.13. The average molecular weight is 358 g/mol. The predicted octanol–water partition coefficient (Wildman–Crippen LogP) is 1.47. The normalized spacial score (nSPS) is 11.0. The molecular formula is C16H24ClN3O4. The summed E-state index contributed by atoms with van der Waals surface area (Å²) in [7, 11) is 0. The number of hydrogen-bond acceptors (Lipinski definition) is 5. The van der Waals surface area contributed by atoms with Crippen LogP contribution >= 0.6 is 12.4 Å². The Labute approximate surface area is 147 Å². The molecule has 1 aromatic carbocycles. The molecule has 0 saturated heterocycles. The number of rotatable bonds is 8. The van der Waals surface area contributed by atoms with Crippen LogP contribution in [0.5, 0.6) is 0 Å². The Hall–Kier alpha value is -2.12. The summed E-state index contributed by atoms with van der Waals surface area (Å²) in [5.41, 5.74) is 6.33. The smallest absolute Gasteiger partial charge is 0.328 e. The van der Waals surface area contributed by atoms with Gasteiger partial charge in [-0.3, -0.25) is 9.59 Å². The van der Waals surface area contributed by atoms with Gasteiger partial charge in [-0.05, 0) is 51.1 Å². The van der Waals surface area contributed by atoms with Crippen molar-refractivity contribution in [3.63, 3.8) is 0 Å². The number of hydrogen-bond donors (Lipinski definition) is 3. The van der Waals surface area contributed by atoms with Crippen LogP contribution in [0.3, 0.4) is 0 Å². The van der Waals surface area contributed by atoms with E-state index in [9.17, 15) is 14.4 Å². The van der Waals surface area contributed by atoms with Crippen LogP contribution in [0.2, 0.25) is 0 Å². The maximum Gasteiger partial charge on any atom is 0.328 e. The summed E-state index contributed by atoms with van der Waals surface area (Å²) < 4.78 is 4.83. The predicted molar refractivity (Wildman–Crippen MR) is 94.2 cm³/mol. The van der Waals surface area contributed by atoms with Crippen LogP contribution in [-0.2, 0) is 14.3 Å². The standard InChI is InChI=1S/C16H23N3O4.ClH/c1-3-23-16(22)11(2)18-15(21)12-6-8-13(9-7-12)19-14(20)5-4-10-17;/h6-9,11H,3-5,10,17H2,1-2H3,(H,18,21)(H,19,20);1H. The highest BCUT2D eigenvalue weighted by molar-refractivity contribution is 5.97. The molecule has 7 nitrogen and oxygen atoms in total. The SMILES string of the molecule is CCOC(=O)C(C)NC(=O)c1ccc(NC(=O)CCCN)cc1.Cl. The fraction of sp³-hybridized carbons (Fsp3) is 0.438. The lowest BCUT2D eigenvalue weighted by atomic mass is 10.1. The number of esters is 1. The number of carbonyl (C=O) groups excluding carboxylic acids is 3. The highest BCUT2D eigenvalue weighted by atomic mass is 35.5. The van der Waals surface area contributed by atoms with Crippen LogP contribution in [0.15, 0.2) is 24.3 Å². The molecule has 1 atom stereocenters. The molecule has 0 aliphatic carbocycles.